The van der Waals surface area contributed by atoms with Gasteiger partial charge in [-0.2, -0.15) is 0 Å². The van der Waals surface area contributed by atoms with Crippen LogP contribution < -0.4 is 0 Å². The Kier molecular flexibility index (Phi) is 1.92. The first kappa shape index (κ1) is 8.52. The summed E-state index contributed by atoms with van der Waals surface area (Å²) in [4.78, 5) is 2.50. The van der Waals surface area contributed by atoms with Gasteiger partial charge in [-0.25, -0.2) is 0 Å². The van der Waals surface area contributed by atoms with Crippen molar-refractivity contribution in [3.63, 3.8) is 0 Å². The molecule has 12 heavy (non-hydrogen) atoms. The smallest absolute Gasteiger partial charge is 0.0615 e. The van der Waals surface area contributed by atoms with E-state index in [2.05, 4.69) is 18.7 Å². The van der Waals surface area contributed by atoms with Gasteiger partial charge in [0.25, 0.3) is 0 Å². The van der Waals surface area contributed by atoms with Crippen molar-refractivity contribution in [2.75, 3.05) is 19.7 Å². The summed E-state index contributed by atoms with van der Waals surface area (Å²) in [7, 11) is 0. The Balaban J connectivity index is 2.16. The van der Waals surface area contributed by atoms with Crippen LogP contribution in [0.5, 0.6) is 0 Å². The molecule has 2 rings (SSSR count). The molecule has 70 valence electrons. The monoisotopic (exact) mass is 169 g/mol. The molecule has 0 bridgehead atoms. The summed E-state index contributed by atoms with van der Waals surface area (Å²) in [5.74, 6) is 1.56. The Morgan fingerprint density at radius 2 is 1.75 bits per heavy atom. The lowest BCUT2D eigenvalue weighted by Gasteiger charge is -2.29. The average molecular weight is 169 g/mol. The van der Waals surface area contributed by atoms with E-state index >= 15 is 0 Å². The highest BCUT2D eigenvalue weighted by Gasteiger charge is 2.48. The minimum Gasteiger partial charge on any atom is -0.394 e. The van der Waals surface area contributed by atoms with Crippen LogP contribution in [0.4, 0.5) is 0 Å². The van der Waals surface area contributed by atoms with Crippen LogP contribution in [0.25, 0.3) is 0 Å². The Morgan fingerprint density at radius 1 is 1.25 bits per heavy atom. The Bertz CT molecular complexity index is 167. The maximum absolute atomic E-state index is 9.42. The van der Waals surface area contributed by atoms with Gasteiger partial charge in [-0.3, -0.25) is 4.90 Å². The standard InChI is InChI=1S/C10H19NO/c1-8-3-10(7-12)4-9(2)6-11(10)5-8/h8-9,12H,3-7H2,1-2H3. The van der Waals surface area contributed by atoms with Crippen molar-refractivity contribution in [1.29, 1.82) is 0 Å². The predicted molar refractivity (Wildman–Crippen MR) is 49.0 cm³/mol. The van der Waals surface area contributed by atoms with Gasteiger partial charge < -0.3 is 5.11 Å². The third-order valence-electron chi connectivity index (χ3n) is 3.49. The second kappa shape index (κ2) is 2.71. The first-order chi connectivity index (χ1) is 5.66. The summed E-state index contributed by atoms with van der Waals surface area (Å²) < 4.78 is 0. The van der Waals surface area contributed by atoms with E-state index < -0.39 is 0 Å². The van der Waals surface area contributed by atoms with Gasteiger partial charge in [0, 0.05) is 18.6 Å². The fraction of sp³-hybridized carbons (Fsp3) is 1.00. The average Bonchev–Trinajstić information content (AvgIpc) is 2.40. The summed E-state index contributed by atoms with van der Waals surface area (Å²) >= 11 is 0. The first-order valence-electron chi connectivity index (χ1n) is 5.02. The molecule has 2 atom stereocenters. The van der Waals surface area contributed by atoms with Gasteiger partial charge in [0.2, 0.25) is 0 Å². The summed E-state index contributed by atoms with van der Waals surface area (Å²) in [6.07, 6.45) is 2.40. The molecule has 2 fully saturated rings. The lowest BCUT2D eigenvalue weighted by Crippen LogP contribution is -2.41. The Labute approximate surface area is 74.6 Å². The van der Waals surface area contributed by atoms with Crippen molar-refractivity contribution in [3.8, 4) is 0 Å². The number of nitrogens with zero attached hydrogens (tertiary/aromatic N) is 1. The van der Waals surface area contributed by atoms with E-state index in [0.29, 0.717) is 6.61 Å². The molecule has 0 aromatic heterocycles. The highest BCUT2D eigenvalue weighted by molar-refractivity contribution is 5.03. The van der Waals surface area contributed by atoms with Crippen LogP contribution >= 0.6 is 0 Å². The lowest BCUT2D eigenvalue weighted by atomic mass is 9.89. The SMILES string of the molecule is CC1CN2CC(C)CC2(CO)C1. The molecule has 0 radical (unpaired) electrons. The van der Waals surface area contributed by atoms with Crippen molar-refractivity contribution >= 4 is 0 Å². The summed E-state index contributed by atoms with van der Waals surface area (Å²) in [5, 5.41) is 9.42. The molecule has 2 aliphatic heterocycles. The van der Waals surface area contributed by atoms with E-state index in [1.165, 1.54) is 25.9 Å². The molecule has 1 N–H and O–H groups in total. The van der Waals surface area contributed by atoms with Crippen LogP contribution in [0.1, 0.15) is 26.7 Å². The number of hydrogen-bond donors (Lipinski definition) is 1. The van der Waals surface area contributed by atoms with Crippen LogP contribution in [0, 0.1) is 11.8 Å². The molecule has 2 unspecified atom stereocenters. The molecular weight excluding hydrogens is 150 g/mol. The Morgan fingerprint density at radius 3 is 2.08 bits per heavy atom. The highest BCUT2D eigenvalue weighted by Crippen LogP contribution is 2.43. The van der Waals surface area contributed by atoms with E-state index in [9.17, 15) is 5.11 Å². The molecule has 0 aromatic carbocycles. The normalized spacial score (nSPS) is 48.2. The van der Waals surface area contributed by atoms with Crippen molar-refractivity contribution in [1.82, 2.24) is 4.90 Å². The van der Waals surface area contributed by atoms with Crippen LogP contribution in [0.15, 0.2) is 0 Å². The van der Waals surface area contributed by atoms with Crippen molar-refractivity contribution in [2.24, 2.45) is 11.8 Å². The second-order valence-corrected chi connectivity index (χ2v) is 4.91. The lowest BCUT2D eigenvalue weighted by molar-refractivity contribution is 0.0996. The molecule has 2 aliphatic rings. The molecular formula is C10H19NO. The third kappa shape index (κ3) is 1.09. The molecule has 2 saturated heterocycles. The molecule has 2 nitrogen and oxygen atoms in total. The van der Waals surface area contributed by atoms with E-state index in [4.69, 9.17) is 0 Å². The van der Waals surface area contributed by atoms with Crippen molar-refractivity contribution in [2.45, 2.75) is 32.2 Å². The molecule has 0 aromatic rings. The highest BCUT2D eigenvalue weighted by atomic mass is 16.3. The van der Waals surface area contributed by atoms with Gasteiger partial charge in [-0.1, -0.05) is 13.8 Å². The largest absolute Gasteiger partial charge is 0.394 e. The molecule has 0 aliphatic carbocycles. The molecule has 2 heteroatoms. The zero-order valence-corrected chi connectivity index (χ0v) is 8.08. The molecule has 0 saturated carbocycles. The number of aliphatic hydroxyl groups excluding tert-OH is 1. The van der Waals surface area contributed by atoms with Crippen LogP contribution in [-0.4, -0.2) is 35.2 Å². The van der Waals surface area contributed by atoms with Gasteiger partial charge >= 0.3 is 0 Å². The van der Waals surface area contributed by atoms with Gasteiger partial charge in [0.05, 0.1) is 6.61 Å². The minimum atomic E-state index is 0.179. The number of hydrogen-bond acceptors (Lipinski definition) is 2. The van der Waals surface area contributed by atoms with Crippen molar-refractivity contribution < 1.29 is 5.11 Å². The minimum absolute atomic E-state index is 0.179. The van der Waals surface area contributed by atoms with Crippen LogP contribution in [-0.2, 0) is 0 Å². The zero-order valence-electron chi connectivity index (χ0n) is 8.08. The molecule has 0 amide bonds. The third-order valence-corrected chi connectivity index (χ3v) is 3.49. The first-order valence-corrected chi connectivity index (χ1v) is 5.02. The maximum Gasteiger partial charge on any atom is 0.0615 e. The van der Waals surface area contributed by atoms with E-state index in [1.54, 1.807) is 0 Å². The number of aliphatic hydroxyl groups is 1. The Hall–Kier alpha value is -0.0800. The van der Waals surface area contributed by atoms with Crippen molar-refractivity contribution in [3.05, 3.63) is 0 Å². The maximum atomic E-state index is 9.42. The topological polar surface area (TPSA) is 23.5 Å². The summed E-state index contributed by atoms with van der Waals surface area (Å²) in [6.45, 7) is 7.35. The quantitative estimate of drug-likeness (QED) is 0.635. The van der Waals surface area contributed by atoms with E-state index in [1.807, 2.05) is 0 Å². The van der Waals surface area contributed by atoms with Gasteiger partial charge in [-0.05, 0) is 24.7 Å². The van der Waals surface area contributed by atoms with Crippen LogP contribution in [0.3, 0.4) is 0 Å². The molecule has 0 spiro atoms. The summed E-state index contributed by atoms with van der Waals surface area (Å²) in [5.41, 5.74) is 0.179. The van der Waals surface area contributed by atoms with Gasteiger partial charge in [0.15, 0.2) is 0 Å². The predicted octanol–water partition coefficient (Wildman–Crippen LogP) is 1.10. The van der Waals surface area contributed by atoms with Gasteiger partial charge in [-0.15, -0.1) is 0 Å². The van der Waals surface area contributed by atoms with Gasteiger partial charge in [0.1, 0.15) is 0 Å². The molecule has 2 heterocycles. The second-order valence-electron chi connectivity index (χ2n) is 4.91. The fourth-order valence-corrected chi connectivity index (χ4v) is 3.21. The number of rotatable bonds is 1. The fourth-order valence-electron chi connectivity index (χ4n) is 3.21. The van der Waals surface area contributed by atoms with E-state index in [-0.39, 0.29) is 5.54 Å². The van der Waals surface area contributed by atoms with Crippen LogP contribution in [0.2, 0.25) is 0 Å². The van der Waals surface area contributed by atoms with E-state index in [0.717, 1.165) is 11.8 Å². The number of fused-ring (bicyclic) bond motifs is 1. The summed E-state index contributed by atoms with van der Waals surface area (Å²) in [6, 6.07) is 0. The zero-order chi connectivity index (χ0) is 8.77.